The van der Waals surface area contributed by atoms with Gasteiger partial charge in [-0.1, -0.05) is 0 Å². The van der Waals surface area contributed by atoms with E-state index in [9.17, 15) is 0 Å². The SMILES string of the molecule is CC(C#N)CNC1CCSC1. The Bertz CT molecular complexity index is 147. The van der Waals surface area contributed by atoms with Crippen LogP contribution in [0.15, 0.2) is 0 Å². The van der Waals surface area contributed by atoms with Crippen LogP contribution in [-0.2, 0) is 0 Å². The Morgan fingerprint density at radius 1 is 1.82 bits per heavy atom. The topological polar surface area (TPSA) is 35.8 Å². The summed E-state index contributed by atoms with van der Waals surface area (Å²) in [5.74, 6) is 2.65. The van der Waals surface area contributed by atoms with Gasteiger partial charge in [0.1, 0.15) is 0 Å². The molecule has 0 spiro atoms. The van der Waals surface area contributed by atoms with Gasteiger partial charge >= 0.3 is 0 Å². The van der Waals surface area contributed by atoms with E-state index in [0.717, 1.165) is 6.54 Å². The van der Waals surface area contributed by atoms with Gasteiger partial charge in [0.05, 0.1) is 12.0 Å². The summed E-state index contributed by atoms with van der Waals surface area (Å²) in [7, 11) is 0. The van der Waals surface area contributed by atoms with Gasteiger partial charge in [-0.15, -0.1) is 0 Å². The van der Waals surface area contributed by atoms with Crippen molar-refractivity contribution in [3.8, 4) is 6.07 Å². The fourth-order valence-corrected chi connectivity index (χ4v) is 2.27. The summed E-state index contributed by atoms with van der Waals surface area (Å²) in [6.07, 6.45) is 1.27. The van der Waals surface area contributed by atoms with Gasteiger partial charge < -0.3 is 5.32 Å². The standard InChI is InChI=1S/C8H14N2S/c1-7(4-9)5-10-8-2-3-11-6-8/h7-8,10H,2-3,5-6H2,1H3. The Balaban J connectivity index is 2.07. The zero-order valence-electron chi connectivity index (χ0n) is 6.84. The fourth-order valence-electron chi connectivity index (χ4n) is 1.08. The number of nitrogens with zero attached hydrogens (tertiary/aromatic N) is 1. The van der Waals surface area contributed by atoms with Gasteiger partial charge in [-0.25, -0.2) is 0 Å². The molecular formula is C8H14N2S. The van der Waals surface area contributed by atoms with Crippen LogP contribution in [0.4, 0.5) is 0 Å². The van der Waals surface area contributed by atoms with Crippen molar-refractivity contribution in [3.63, 3.8) is 0 Å². The molecular weight excluding hydrogens is 156 g/mol. The Morgan fingerprint density at radius 3 is 3.18 bits per heavy atom. The highest BCUT2D eigenvalue weighted by Gasteiger charge is 2.14. The van der Waals surface area contributed by atoms with Crippen molar-refractivity contribution >= 4 is 11.8 Å². The number of hydrogen-bond acceptors (Lipinski definition) is 3. The summed E-state index contributed by atoms with van der Waals surface area (Å²) in [5, 5.41) is 11.9. The van der Waals surface area contributed by atoms with E-state index in [1.165, 1.54) is 17.9 Å². The van der Waals surface area contributed by atoms with Crippen LogP contribution in [0.25, 0.3) is 0 Å². The lowest BCUT2D eigenvalue weighted by Gasteiger charge is -2.11. The molecule has 2 nitrogen and oxygen atoms in total. The van der Waals surface area contributed by atoms with Crippen molar-refractivity contribution in [1.82, 2.24) is 5.32 Å². The first kappa shape index (κ1) is 8.89. The van der Waals surface area contributed by atoms with Gasteiger partial charge in [0.2, 0.25) is 0 Å². The molecule has 0 saturated carbocycles. The zero-order chi connectivity index (χ0) is 8.10. The van der Waals surface area contributed by atoms with E-state index in [2.05, 4.69) is 11.4 Å². The van der Waals surface area contributed by atoms with Gasteiger partial charge in [0.25, 0.3) is 0 Å². The molecule has 11 heavy (non-hydrogen) atoms. The molecule has 1 rings (SSSR count). The molecule has 1 heterocycles. The van der Waals surface area contributed by atoms with Gasteiger partial charge in [-0.2, -0.15) is 17.0 Å². The minimum absolute atomic E-state index is 0.153. The number of thioether (sulfide) groups is 1. The number of rotatable bonds is 3. The highest BCUT2D eigenvalue weighted by atomic mass is 32.2. The maximum Gasteiger partial charge on any atom is 0.0666 e. The molecule has 1 N–H and O–H groups in total. The maximum absolute atomic E-state index is 8.51. The summed E-state index contributed by atoms with van der Waals surface area (Å²) in [4.78, 5) is 0. The molecule has 62 valence electrons. The van der Waals surface area contributed by atoms with Crippen LogP contribution >= 0.6 is 11.8 Å². The first-order valence-electron chi connectivity index (χ1n) is 4.03. The second-order valence-electron chi connectivity index (χ2n) is 3.00. The molecule has 1 fully saturated rings. The Kier molecular flexibility index (Phi) is 3.74. The van der Waals surface area contributed by atoms with Crippen LogP contribution in [0.3, 0.4) is 0 Å². The minimum atomic E-state index is 0.153. The van der Waals surface area contributed by atoms with Gasteiger partial charge in [-0.3, -0.25) is 0 Å². The third kappa shape index (κ3) is 3.13. The lowest BCUT2D eigenvalue weighted by Crippen LogP contribution is -2.32. The molecule has 1 aliphatic rings. The monoisotopic (exact) mass is 170 g/mol. The molecule has 2 atom stereocenters. The number of hydrogen-bond donors (Lipinski definition) is 1. The first-order chi connectivity index (χ1) is 5.33. The molecule has 0 aliphatic carbocycles. The van der Waals surface area contributed by atoms with E-state index >= 15 is 0 Å². The molecule has 0 bridgehead atoms. The molecule has 0 aromatic carbocycles. The van der Waals surface area contributed by atoms with Gasteiger partial charge in [0.15, 0.2) is 0 Å². The van der Waals surface area contributed by atoms with Gasteiger partial charge in [-0.05, 0) is 19.1 Å². The lowest BCUT2D eigenvalue weighted by atomic mass is 10.2. The van der Waals surface area contributed by atoms with Crippen LogP contribution in [0.2, 0.25) is 0 Å². The second-order valence-corrected chi connectivity index (χ2v) is 4.15. The van der Waals surface area contributed by atoms with E-state index < -0.39 is 0 Å². The summed E-state index contributed by atoms with van der Waals surface area (Å²) in [5.41, 5.74) is 0. The van der Waals surface area contributed by atoms with Crippen molar-refractivity contribution in [2.45, 2.75) is 19.4 Å². The smallest absolute Gasteiger partial charge is 0.0666 e. The average molecular weight is 170 g/mol. The first-order valence-corrected chi connectivity index (χ1v) is 5.19. The average Bonchev–Trinajstić information content (AvgIpc) is 2.52. The van der Waals surface area contributed by atoms with E-state index in [0.29, 0.717) is 6.04 Å². The summed E-state index contributed by atoms with van der Waals surface area (Å²) < 4.78 is 0. The Labute approximate surface area is 72.4 Å². The van der Waals surface area contributed by atoms with Gasteiger partial charge in [0, 0.05) is 18.3 Å². The predicted octanol–water partition coefficient (Wildman–Crippen LogP) is 1.24. The van der Waals surface area contributed by atoms with Crippen LogP contribution in [0.5, 0.6) is 0 Å². The number of nitriles is 1. The van der Waals surface area contributed by atoms with E-state index in [1.54, 1.807) is 0 Å². The quantitative estimate of drug-likeness (QED) is 0.692. The molecule has 0 aromatic heterocycles. The largest absolute Gasteiger partial charge is 0.312 e. The zero-order valence-corrected chi connectivity index (χ0v) is 7.66. The van der Waals surface area contributed by atoms with Crippen LogP contribution in [-0.4, -0.2) is 24.1 Å². The van der Waals surface area contributed by atoms with Crippen molar-refractivity contribution < 1.29 is 0 Å². The molecule has 1 aliphatic heterocycles. The lowest BCUT2D eigenvalue weighted by molar-refractivity contribution is 0.518. The minimum Gasteiger partial charge on any atom is -0.312 e. The van der Waals surface area contributed by atoms with Crippen LogP contribution in [0, 0.1) is 17.2 Å². The Hall–Kier alpha value is -0.200. The second kappa shape index (κ2) is 4.63. The van der Waals surface area contributed by atoms with Crippen molar-refractivity contribution in [2.24, 2.45) is 5.92 Å². The molecule has 0 aromatic rings. The fraction of sp³-hybridized carbons (Fsp3) is 0.875. The Morgan fingerprint density at radius 2 is 2.64 bits per heavy atom. The normalized spacial score (nSPS) is 26.4. The summed E-state index contributed by atoms with van der Waals surface area (Å²) in [6, 6.07) is 2.88. The van der Waals surface area contributed by atoms with Crippen molar-refractivity contribution in [3.05, 3.63) is 0 Å². The van der Waals surface area contributed by atoms with Crippen LogP contribution < -0.4 is 5.32 Å². The maximum atomic E-state index is 8.51. The third-order valence-corrected chi connectivity index (χ3v) is 3.03. The molecule has 3 heteroatoms. The van der Waals surface area contributed by atoms with E-state index in [1.807, 2.05) is 18.7 Å². The van der Waals surface area contributed by atoms with E-state index in [4.69, 9.17) is 5.26 Å². The number of nitrogens with one attached hydrogen (secondary N) is 1. The van der Waals surface area contributed by atoms with E-state index in [-0.39, 0.29) is 5.92 Å². The molecule has 0 amide bonds. The predicted molar refractivity (Wildman–Crippen MR) is 48.5 cm³/mol. The highest BCUT2D eigenvalue weighted by Crippen LogP contribution is 2.16. The molecule has 2 unspecified atom stereocenters. The van der Waals surface area contributed by atoms with Crippen molar-refractivity contribution in [2.75, 3.05) is 18.1 Å². The van der Waals surface area contributed by atoms with Crippen molar-refractivity contribution in [1.29, 1.82) is 5.26 Å². The molecule has 0 radical (unpaired) electrons. The third-order valence-electron chi connectivity index (χ3n) is 1.86. The summed E-state index contributed by atoms with van der Waals surface area (Å²) in [6.45, 7) is 2.80. The molecule has 1 saturated heterocycles. The highest BCUT2D eigenvalue weighted by molar-refractivity contribution is 7.99. The van der Waals surface area contributed by atoms with Crippen LogP contribution in [0.1, 0.15) is 13.3 Å². The summed E-state index contributed by atoms with van der Waals surface area (Å²) >= 11 is 2.00.